The average Bonchev–Trinajstić information content (AvgIpc) is 3.59. The first kappa shape index (κ1) is 41.0. The predicted octanol–water partition coefficient (Wildman–Crippen LogP) is 8.61. The van der Waals surface area contributed by atoms with E-state index < -0.39 is 14.8 Å². The molecule has 2 atom stereocenters. The minimum atomic E-state index is -3.65. The second-order valence-electron chi connectivity index (χ2n) is 17.2. The number of nitrogens with zero attached hydrogens (tertiary/aromatic N) is 6. The van der Waals surface area contributed by atoms with E-state index in [0.29, 0.717) is 56.5 Å². The molecule has 2 aliphatic heterocycles. The summed E-state index contributed by atoms with van der Waals surface area (Å²) in [5, 5.41) is 4.56. The molecule has 9 rings (SSSR count). The fourth-order valence-corrected chi connectivity index (χ4v) is 12.4. The number of aromatic nitrogens is 3. The van der Waals surface area contributed by atoms with Gasteiger partial charge in [-0.3, -0.25) is 19.6 Å². The van der Waals surface area contributed by atoms with Crippen LogP contribution in [0.3, 0.4) is 0 Å². The van der Waals surface area contributed by atoms with Crippen molar-refractivity contribution >= 4 is 61.2 Å². The number of carbonyl (C=O) groups excluding carboxylic acids is 1. The molecule has 14 heteroatoms. The molecule has 60 heavy (non-hydrogen) atoms. The van der Waals surface area contributed by atoms with Gasteiger partial charge < -0.3 is 14.8 Å². The summed E-state index contributed by atoms with van der Waals surface area (Å²) in [7, 11) is -1.96. The molecule has 0 unspecified atom stereocenters. The third-order valence-electron chi connectivity index (χ3n) is 13.0. The Morgan fingerprint density at radius 3 is 2.53 bits per heavy atom. The van der Waals surface area contributed by atoms with Crippen molar-refractivity contribution in [1.82, 2.24) is 27.3 Å². The van der Waals surface area contributed by atoms with Gasteiger partial charge >= 0.3 is 0 Å². The van der Waals surface area contributed by atoms with Crippen molar-refractivity contribution in [3.63, 3.8) is 0 Å². The molecule has 5 heterocycles. The number of sulfonamides is 1. The Kier molecular flexibility index (Phi) is 11.3. The zero-order chi connectivity index (χ0) is 41.8. The topological polar surface area (TPSA) is 130 Å². The Morgan fingerprint density at radius 2 is 1.75 bits per heavy atom. The lowest BCUT2D eigenvalue weighted by Gasteiger charge is -2.22. The van der Waals surface area contributed by atoms with Crippen LogP contribution in [0.15, 0.2) is 67.0 Å². The summed E-state index contributed by atoms with van der Waals surface area (Å²) in [6.07, 6.45) is 9.65. The van der Waals surface area contributed by atoms with Crippen molar-refractivity contribution in [2.45, 2.75) is 89.7 Å². The van der Waals surface area contributed by atoms with Crippen LogP contribution in [-0.4, -0.2) is 79.6 Å². The molecule has 12 nitrogen and oxygen atoms in total. The third-order valence-corrected chi connectivity index (χ3v) is 17.3. The highest BCUT2D eigenvalue weighted by Gasteiger charge is 2.54. The number of hydrogen-bond donors (Lipinski definition) is 1. The lowest BCUT2D eigenvalue weighted by atomic mass is 9.93. The number of nitrogens with one attached hydrogen (secondary N) is 1. The maximum Gasteiger partial charge on any atom is 0.251 e. The van der Waals surface area contributed by atoms with Gasteiger partial charge in [-0.15, -0.1) is 0 Å². The van der Waals surface area contributed by atoms with Crippen LogP contribution in [0, 0.1) is 19.8 Å². The van der Waals surface area contributed by atoms with Gasteiger partial charge in [-0.1, -0.05) is 30.3 Å². The maximum absolute atomic E-state index is 13.2. The van der Waals surface area contributed by atoms with Crippen LogP contribution in [0.5, 0.6) is 11.8 Å². The van der Waals surface area contributed by atoms with Crippen LogP contribution in [0.1, 0.15) is 84.9 Å². The second kappa shape index (κ2) is 16.5. The van der Waals surface area contributed by atoms with Crippen molar-refractivity contribution in [2.75, 3.05) is 38.6 Å². The summed E-state index contributed by atoms with van der Waals surface area (Å²) in [6, 6.07) is 19.1. The van der Waals surface area contributed by atoms with Gasteiger partial charge in [0.05, 0.1) is 40.6 Å². The largest absolute Gasteiger partial charge is 0.481 e. The molecule has 1 amide bonds. The van der Waals surface area contributed by atoms with E-state index in [-0.39, 0.29) is 17.9 Å². The Labute approximate surface area is 366 Å². The zero-order valence-electron chi connectivity index (χ0n) is 34.7. The molecule has 2 aromatic carbocycles. The number of fused-ring (bicyclic) bond motifs is 2. The molecule has 4 aliphatic rings. The number of methoxy groups -OCH3 is 1. The van der Waals surface area contributed by atoms with Crippen molar-refractivity contribution in [3.05, 3.63) is 100 Å². The molecule has 0 spiro atoms. The normalized spacial score (nSPS) is 20.0. The number of amides is 1. The van der Waals surface area contributed by atoms with Gasteiger partial charge in [0.15, 0.2) is 5.82 Å². The van der Waals surface area contributed by atoms with E-state index in [0.717, 1.165) is 79.4 Å². The number of pyridine rings is 3. The molecular weight excluding hydrogens is 890 g/mol. The summed E-state index contributed by atoms with van der Waals surface area (Å²) in [5.74, 6) is 1.27. The number of benzene rings is 2. The minimum absolute atomic E-state index is 0.104. The van der Waals surface area contributed by atoms with Crippen LogP contribution >= 0.6 is 22.9 Å². The predicted molar refractivity (Wildman–Crippen MR) is 242 cm³/mol. The Morgan fingerprint density at radius 1 is 0.967 bits per heavy atom. The first-order valence-corrected chi connectivity index (χ1v) is 23.5. The van der Waals surface area contributed by atoms with Gasteiger partial charge in [-0.25, -0.2) is 13.4 Å². The standard InChI is InChI=1S/C46H52IN7O5S/c1-29-23-34(28-52-20-5-6-21-52)44(58-4)51-43(29)59-40-14-13-37-36(10-7-11-38(37)40)35-9-8-12-39(30(35)2)50-42-41-32(15-19-48-42)24-31(25-49-41)26-53-22-16-33(27-53)45(55)54(47)60(56,57)46(3)17-18-46/h7-12,15,19,23-25,33,40H,5-6,13-14,16-18,20-22,26-28H2,1-4H3,(H,48,50)/t33-,40-/m1/s1. The SMILES string of the molecule is COc1nc(O[C@@H]2CCc3c(-c4cccc(Nc5nccc6cc(CN7CC[C@@H](C(=O)N(I)S(=O)(=O)C8(C)CC8)C7)cnc56)c4C)cccc32)c(C)cc1CN1CCCC1. The number of aryl methyl sites for hydroxylation is 1. The number of halogens is 1. The number of carbonyl (C=O) groups is 1. The van der Waals surface area contributed by atoms with E-state index in [4.69, 9.17) is 24.4 Å². The van der Waals surface area contributed by atoms with Gasteiger partial charge in [0.1, 0.15) is 11.6 Å². The molecule has 2 aliphatic carbocycles. The first-order valence-electron chi connectivity index (χ1n) is 21.1. The molecule has 1 saturated carbocycles. The number of ether oxygens (including phenoxy) is 2. The smallest absolute Gasteiger partial charge is 0.251 e. The van der Waals surface area contributed by atoms with Gasteiger partial charge in [-0.05, 0) is 143 Å². The maximum atomic E-state index is 13.2. The molecule has 1 N–H and O–H groups in total. The second-order valence-corrected chi connectivity index (χ2v) is 21.1. The number of hydrogen-bond acceptors (Lipinski definition) is 11. The van der Waals surface area contributed by atoms with Crippen LogP contribution < -0.4 is 14.8 Å². The van der Waals surface area contributed by atoms with Crippen LogP contribution in [0.4, 0.5) is 11.5 Å². The van der Waals surface area contributed by atoms with E-state index in [9.17, 15) is 13.2 Å². The minimum Gasteiger partial charge on any atom is -0.481 e. The van der Waals surface area contributed by atoms with Gasteiger partial charge in [0.25, 0.3) is 10.0 Å². The van der Waals surface area contributed by atoms with Gasteiger partial charge in [0, 0.05) is 54.2 Å². The van der Waals surface area contributed by atoms with Crippen molar-refractivity contribution in [3.8, 4) is 22.9 Å². The van der Waals surface area contributed by atoms with Gasteiger partial charge in [0.2, 0.25) is 17.7 Å². The van der Waals surface area contributed by atoms with Crippen molar-refractivity contribution in [2.24, 2.45) is 5.92 Å². The fraction of sp³-hybridized carbons (Fsp3) is 0.435. The molecule has 5 aromatic rings. The zero-order valence-corrected chi connectivity index (χ0v) is 37.7. The summed E-state index contributed by atoms with van der Waals surface area (Å²) in [5.41, 5.74) is 10.8. The average molecular weight is 942 g/mol. The molecule has 3 fully saturated rings. The fourth-order valence-electron chi connectivity index (χ4n) is 9.15. The number of rotatable bonds is 13. The number of likely N-dealkylation sites (tertiary alicyclic amines) is 2. The van der Waals surface area contributed by atoms with Crippen LogP contribution in [-0.2, 0) is 34.3 Å². The van der Waals surface area contributed by atoms with Gasteiger partial charge in [-0.2, -0.15) is 7.50 Å². The summed E-state index contributed by atoms with van der Waals surface area (Å²) in [6.45, 7) is 10.9. The van der Waals surface area contributed by atoms with Crippen LogP contribution in [0.2, 0.25) is 0 Å². The Bertz CT molecular complexity index is 2580. The van der Waals surface area contributed by atoms with Crippen LogP contribution in [0.25, 0.3) is 22.0 Å². The lowest BCUT2D eigenvalue weighted by molar-refractivity contribution is -0.126. The Hall–Kier alpha value is -4.38. The van der Waals surface area contributed by atoms with Crippen molar-refractivity contribution in [1.29, 1.82) is 0 Å². The molecule has 3 aromatic heterocycles. The summed E-state index contributed by atoms with van der Waals surface area (Å²) in [4.78, 5) is 32.3. The molecule has 0 bridgehead atoms. The highest BCUT2D eigenvalue weighted by atomic mass is 127. The van der Waals surface area contributed by atoms with E-state index in [1.165, 1.54) is 29.5 Å². The summed E-state index contributed by atoms with van der Waals surface area (Å²) < 4.78 is 38.6. The monoisotopic (exact) mass is 941 g/mol. The van der Waals surface area contributed by atoms with E-state index in [1.54, 1.807) is 43.1 Å². The first-order chi connectivity index (χ1) is 28.9. The Balaban J connectivity index is 0.890. The summed E-state index contributed by atoms with van der Waals surface area (Å²) >= 11 is 1.69. The van der Waals surface area contributed by atoms with Crippen molar-refractivity contribution < 1.29 is 22.7 Å². The number of anilines is 2. The lowest BCUT2D eigenvalue weighted by Crippen LogP contribution is -2.40. The van der Waals surface area contributed by atoms with E-state index in [1.807, 2.05) is 12.3 Å². The highest BCUT2D eigenvalue weighted by molar-refractivity contribution is 14.1. The van der Waals surface area contributed by atoms with E-state index in [2.05, 4.69) is 77.5 Å². The third kappa shape index (κ3) is 7.84. The quantitative estimate of drug-likeness (QED) is 0.0900. The molecule has 314 valence electrons. The molecule has 0 radical (unpaired) electrons. The highest BCUT2D eigenvalue weighted by Crippen LogP contribution is 2.46. The molecular formula is C46H52IN7O5S. The molecule has 2 saturated heterocycles. The van der Waals surface area contributed by atoms with E-state index >= 15 is 0 Å².